The lowest BCUT2D eigenvalue weighted by molar-refractivity contribution is 0.370. The van der Waals surface area contributed by atoms with Crippen LogP contribution in [0.25, 0.3) is 5.52 Å². The van der Waals surface area contributed by atoms with Crippen molar-refractivity contribution in [3.8, 4) is 0 Å². The Labute approximate surface area is 116 Å². The molecule has 3 heterocycles. The van der Waals surface area contributed by atoms with E-state index in [4.69, 9.17) is 23.2 Å². The number of nitrogens with one attached hydrogen (secondary N) is 1. The third-order valence-electron chi connectivity index (χ3n) is 3.51. The molecule has 96 valence electrons. The van der Waals surface area contributed by atoms with Crippen LogP contribution in [-0.2, 0) is 6.42 Å². The van der Waals surface area contributed by atoms with E-state index in [2.05, 4.69) is 10.3 Å². The number of rotatable bonds is 2. The number of imidazole rings is 1. The normalized spacial score (nSPS) is 20.4. The molecule has 0 radical (unpaired) electrons. The first kappa shape index (κ1) is 12.3. The van der Waals surface area contributed by atoms with Gasteiger partial charge in [-0.1, -0.05) is 29.3 Å². The molecule has 5 heteroatoms. The summed E-state index contributed by atoms with van der Waals surface area (Å²) in [5, 5.41) is 4.63. The number of nitrogens with zero attached hydrogens (tertiary/aromatic N) is 2. The van der Waals surface area contributed by atoms with Crippen molar-refractivity contribution >= 4 is 28.7 Å². The van der Waals surface area contributed by atoms with Gasteiger partial charge in [-0.3, -0.25) is 4.40 Å². The standard InChI is InChI=1S/C13H15Cl2N3/c14-11-5-1-4-10-13(15)17-12(18(10)11)7-9-3-2-6-16-8-9/h1,4-5,9,16H,2-3,6-8H2. The topological polar surface area (TPSA) is 29.3 Å². The largest absolute Gasteiger partial charge is 0.316 e. The first-order valence-electron chi connectivity index (χ1n) is 6.28. The lowest BCUT2D eigenvalue weighted by atomic mass is 9.96. The molecule has 1 aliphatic rings. The highest BCUT2D eigenvalue weighted by Gasteiger charge is 2.18. The smallest absolute Gasteiger partial charge is 0.155 e. The quantitative estimate of drug-likeness (QED) is 0.858. The first-order chi connectivity index (χ1) is 8.75. The van der Waals surface area contributed by atoms with E-state index in [0.717, 1.165) is 30.9 Å². The van der Waals surface area contributed by atoms with E-state index in [-0.39, 0.29) is 0 Å². The van der Waals surface area contributed by atoms with Gasteiger partial charge in [-0.25, -0.2) is 4.98 Å². The van der Waals surface area contributed by atoms with Gasteiger partial charge in [0.1, 0.15) is 11.0 Å². The second kappa shape index (κ2) is 5.08. The van der Waals surface area contributed by atoms with Crippen LogP contribution in [0.2, 0.25) is 10.3 Å². The van der Waals surface area contributed by atoms with Crippen LogP contribution in [0.15, 0.2) is 18.2 Å². The number of fused-ring (bicyclic) bond motifs is 1. The van der Waals surface area contributed by atoms with E-state index < -0.39 is 0 Å². The molecule has 0 saturated carbocycles. The van der Waals surface area contributed by atoms with Gasteiger partial charge in [-0.05, 0) is 44.0 Å². The Morgan fingerprint density at radius 3 is 3.06 bits per heavy atom. The molecule has 18 heavy (non-hydrogen) atoms. The molecule has 0 bridgehead atoms. The third kappa shape index (κ3) is 2.22. The van der Waals surface area contributed by atoms with Crippen molar-refractivity contribution in [1.29, 1.82) is 0 Å². The molecule has 0 aromatic carbocycles. The van der Waals surface area contributed by atoms with Crippen LogP contribution in [0.4, 0.5) is 0 Å². The Morgan fingerprint density at radius 1 is 1.39 bits per heavy atom. The molecule has 1 atom stereocenters. The molecule has 0 aliphatic carbocycles. The molecule has 3 nitrogen and oxygen atoms in total. The van der Waals surface area contributed by atoms with Crippen molar-refractivity contribution < 1.29 is 0 Å². The zero-order valence-corrected chi connectivity index (χ0v) is 11.5. The minimum absolute atomic E-state index is 0.538. The van der Waals surface area contributed by atoms with Crippen molar-refractivity contribution in [2.45, 2.75) is 19.3 Å². The number of aromatic nitrogens is 2. The summed E-state index contributed by atoms with van der Waals surface area (Å²) in [6.45, 7) is 2.18. The molecule has 2 aromatic rings. The summed E-state index contributed by atoms with van der Waals surface area (Å²) in [6, 6.07) is 5.72. The predicted molar refractivity (Wildman–Crippen MR) is 74.5 cm³/mol. The Balaban J connectivity index is 1.96. The van der Waals surface area contributed by atoms with Gasteiger partial charge in [0.2, 0.25) is 0 Å². The highest BCUT2D eigenvalue weighted by molar-refractivity contribution is 6.33. The van der Waals surface area contributed by atoms with Gasteiger partial charge in [-0.2, -0.15) is 0 Å². The molecule has 1 unspecified atom stereocenters. The number of hydrogen-bond donors (Lipinski definition) is 1. The van der Waals surface area contributed by atoms with E-state index in [9.17, 15) is 0 Å². The van der Waals surface area contributed by atoms with Crippen molar-refractivity contribution in [1.82, 2.24) is 14.7 Å². The van der Waals surface area contributed by atoms with Gasteiger partial charge >= 0.3 is 0 Å². The number of halogens is 2. The second-order valence-corrected chi connectivity index (χ2v) is 5.55. The summed E-state index contributed by atoms with van der Waals surface area (Å²) in [4.78, 5) is 4.46. The van der Waals surface area contributed by atoms with E-state index in [1.54, 1.807) is 0 Å². The minimum Gasteiger partial charge on any atom is -0.316 e. The molecule has 0 amide bonds. The van der Waals surface area contributed by atoms with Crippen LogP contribution >= 0.6 is 23.2 Å². The van der Waals surface area contributed by atoms with Crippen LogP contribution in [0.3, 0.4) is 0 Å². The summed E-state index contributed by atoms with van der Waals surface area (Å²) in [5.41, 5.74) is 0.892. The van der Waals surface area contributed by atoms with Crippen LogP contribution in [0.1, 0.15) is 18.7 Å². The van der Waals surface area contributed by atoms with E-state index in [1.165, 1.54) is 12.8 Å². The summed E-state index contributed by atoms with van der Waals surface area (Å²) in [6.07, 6.45) is 3.39. The third-order valence-corrected chi connectivity index (χ3v) is 4.08. The molecule has 1 fully saturated rings. The van der Waals surface area contributed by atoms with Gasteiger partial charge in [0.25, 0.3) is 0 Å². The highest BCUT2D eigenvalue weighted by atomic mass is 35.5. The van der Waals surface area contributed by atoms with Crippen molar-refractivity contribution in [2.75, 3.05) is 13.1 Å². The highest BCUT2D eigenvalue weighted by Crippen LogP contribution is 2.25. The van der Waals surface area contributed by atoms with E-state index >= 15 is 0 Å². The number of piperidine rings is 1. The molecule has 2 aromatic heterocycles. The lowest BCUT2D eigenvalue weighted by Crippen LogP contribution is -2.31. The summed E-state index contributed by atoms with van der Waals surface area (Å²) >= 11 is 12.4. The molecule has 1 aliphatic heterocycles. The van der Waals surface area contributed by atoms with Crippen LogP contribution in [0, 0.1) is 5.92 Å². The molecular formula is C13H15Cl2N3. The number of hydrogen-bond acceptors (Lipinski definition) is 2. The molecule has 3 rings (SSSR count). The Bertz CT molecular complexity index is 559. The van der Waals surface area contributed by atoms with Crippen molar-refractivity contribution in [2.24, 2.45) is 5.92 Å². The van der Waals surface area contributed by atoms with E-state index in [1.807, 2.05) is 22.6 Å². The Morgan fingerprint density at radius 2 is 2.28 bits per heavy atom. The van der Waals surface area contributed by atoms with E-state index in [0.29, 0.717) is 16.2 Å². The predicted octanol–water partition coefficient (Wildman–Crippen LogP) is 3.18. The second-order valence-electron chi connectivity index (χ2n) is 4.80. The maximum Gasteiger partial charge on any atom is 0.155 e. The van der Waals surface area contributed by atoms with Gasteiger partial charge < -0.3 is 5.32 Å². The Hall–Kier alpha value is -0.770. The molecular weight excluding hydrogens is 269 g/mol. The first-order valence-corrected chi connectivity index (χ1v) is 7.03. The van der Waals surface area contributed by atoms with Crippen LogP contribution < -0.4 is 5.32 Å². The zero-order chi connectivity index (χ0) is 12.5. The summed E-state index contributed by atoms with van der Waals surface area (Å²) in [5.74, 6) is 1.59. The Kier molecular flexibility index (Phi) is 3.46. The summed E-state index contributed by atoms with van der Waals surface area (Å²) in [7, 11) is 0. The lowest BCUT2D eigenvalue weighted by Gasteiger charge is -2.22. The van der Waals surface area contributed by atoms with Crippen LogP contribution in [0.5, 0.6) is 0 Å². The molecule has 1 N–H and O–H groups in total. The molecule has 1 saturated heterocycles. The maximum atomic E-state index is 6.24. The fraction of sp³-hybridized carbons (Fsp3) is 0.462. The van der Waals surface area contributed by atoms with Crippen LogP contribution in [-0.4, -0.2) is 22.5 Å². The zero-order valence-electron chi connectivity index (χ0n) is 10.00. The van der Waals surface area contributed by atoms with Gasteiger partial charge in [0, 0.05) is 6.42 Å². The van der Waals surface area contributed by atoms with Crippen molar-refractivity contribution in [3.63, 3.8) is 0 Å². The minimum atomic E-state index is 0.538. The maximum absolute atomic E-state index is 6.24. The fourth-order valence-electron chi connectivity index (χ4n) is 2.62. The van der Waals surface area contributed by atoms with Crippen molar-refractivity contribution in [3.05, 3.63) is 34.3 Å². The van der Waals surface area contributed by atoms with Gasteiger partial charge in [0.15, 0.2) is 5.15 Å². The monoisotopic (exact) mass is 283 g/mol. The fourth-order valence-corrected chi connectivity index (χ4v) is 3.13. The van der Waals surface area contributed by atoms with Gasteiger partial charge in [-0.15, -0.1) is 0 Å². The number of pyridine rings is 1. The molecule has 0 spiro atoms. The summed E-state index contributed by atoms with van der Waals surface area (Å²) < 4.78 is 1.96. The SMILES string of the molecule is Clc1nc(CC2CCCNC2)n2c(Cl)cccc12. The van der Waals surface area contributed by atoms with Gasteiger partial charge in [0.05, 0.1) is 5.52 Å². The average molecular weight is 284 g/mol. The average Bonchev–Trinajstić information content (AvgIpc) is 2.69.